The van der Waals surface area contributed by atoms with Crippen LogP contribution in [0.2, 0.25) is 0 Å². The smallest absolute Gasteiger partial charge is 0.256 e. The highest BCUT2D eigenvalue weighted by atomic mass is 16.2. The Morgan fingerprint density at radius 2 is 2.00 bits per heavy atom. The van der Waals surface area contributed by atoms with Gasteiger partial charge in [0.2, 0.25) is 17.8 Å². The molecule has 0 aromatic carbocycles. The topological polar surface area (TPSA) is 92.5 Å². The summed E-state index contributed by atoms with van der Waals surface area (Å²) in [6.07, 6.45) is 3.12. The van der Waals surface area contributed by atoms with Crippen LogP contribution in [0.1, 0.15) is 25.5 Å². The number of hydrogen-bond donors (Lipinski definition) is 1. The van der Waals surface area contributed by atoms with Gasteiger partial charge in [-0.3, -0.25) is 19.3 Å². The van der Waals surface area contributed by atoms with E-state index in [0.717, 1.165) is 5.69 Å². The Hall–Kier alpha value is -2.51. The predicted octanol–water partition coefficient (Wildman–Crippen LogP) is 0.630. The maximum atomic E-state index is 12.3. The van der Waals surface area contributed by atoms with E-state index in [-0.39, 0.29) is 17.7 Å². The second-order valence-corrected chi connectivity index (χ2v) is 5.53. The summed E-state index contributed by atoms with van der Waals surface area (Å²) >= 11 is 0. The summed E-state index contributed by atoms with van der Waals surface area (Å²) in [5.74, 6) is 0.700. The number of rotatable bonds is 2. The molecule has 116 valence electrons. The van der Waals surface area contributed by atoms with Crippen LogP contribution in [0.5, 0.6) is 0 Å². The van der Waals surface area contributed by atoms with Gasteiger partial charge in [-0.05, 0) is 25.8 Å². The minimum atomic E-state index is -0.110. The van der Waals surface area contributed by atoms with Crippen molar-refractivity contribution in [3.05, 3.63) is 18.0 Å². The summed E-state index contributed by atoms with van der Waals surface area (Å²) in [7, 11) is 0. The zero-order valence-corrected chi connectivity index (χ0v) is 12.6. The zero-order valence-electron chi connectivity index (χ0n) is 12.6. The molecule has 22 heavy (non-hydrogen) atoms. The van der Waals surface area contributed by atoms with E-state index in [9.17, 15) is 9.59 Å². The van der Waals surface area contributed by atoms with Gasteiger partial charge >= 0.3 is 0 Å². The van der Waals surface area contributed by atoms with Crippen LogP contribution in [0.15, 0.2) is 12.3 Å². The fraction of sp³-hybridized carbons (Fsp3) is 0.500. The molecule has 0 unspecified atom stereocenters. The molecule has 3 heterocycles. The maximum absolute atomic E-state index is 12.3. The number of piperidine rings is 1. The first-order chi connectivity index (χ1) is 10.5. The van der Waals surface area contributed by atoms with Crippen molar-refractivity contribution in [2.24, 2.45) is 5.92 Å². The number of likely N-dealkylation sites (tertiary alicyclic amines) is 1. The molecule has 1 fully saturated rings. The van der Waals surface area contributed by atoms with Gasteiger partial charge < -0.3 is 4.90 Å². The third-order valence-corrected chi connectivity index (χ3v) is 3.97. The van der Waals surface area contributed by atoms with Gasteiger partial charge in [-0.25, -0.2) is 4.98 Å². The van der Waals surface area contributed by atoms with Crippen LogP contribution in [0.25, 0.3) is 5.78 Å². The van der Waals surface area contributed by atoms with Crippen LogP contribution in [0, 0.1) is 12.8 Å². The van der Waals surface area contributed by atoms with Gasteiger partial charge in [-0.1, -0.05) is 0 Å². The first kappa shape index (κ1) is 14.4. The number of anilines is 1. The zero-order chi connectivity index (χ0) is 15.7. The molecule has 0 atom stereocenters. The van der Waals surface area contributed by atoms with Crippen molar-refractivity contribution < 1.29 is 9.59 Å². The molecule has 0 bridgehead atoms. The molecule has 3 rings (SSSR count). The minimum absolute atomic E-state index is 0.0590. The first-order valence-corrected chi connectivity index (χ1v) is 7.29. The van der Waals surface area contributed by atoms with Gasteiger partial charge in [0, 0.05) is 37.8 Å². The third-order valence-electron chi connectivity index (χ3n) is 3.97. The Bertz CT molecular complexity index is 717. The van der Waals surface area contributed by atoms with E-state index in [1.807, 2.05) is 13.0 Å². The van der Waals surface area contributed by atoms with E-state index >= 15 is 0 Å². The average Bonchev–Trinajstić information content (AvgIpc) is 2.89. The molecule has 2 aromatic heterocycles. The molecule has 1 aliphatic rings. The molecule has 0 saturated carbocycles. The maximum Gasteiger partial charge on any atom is 0.256 e. The van der Waals surface area contributed by atoms with E-state index in [1.165, 1.54) is 0 Å². The lowest BCUT2D eigenvalue weighted by atomic mass is 9.96. The van der Waals surface area contributed by atoms with E-state index < -0.39 is 0 Å². The lowest BCUT2D eigenvalue weighted by Crippen LogP contribution is -2.40. The first-order valence-electron chi connectivity index (χ1n) is 7.29. The van der Waals surface area contributed by atoms with E-state index in [1.54, 1.807) is 22.4 Å². The Labute approximate surface area is 127 Å². The van der Waals surface area contributed by atoms with Crippen molar-refractivity contribution in [3.63, 3.8) is 0 Å². The van der Waals surface area contributed by atoms with Crippen molar-refractivity contribution in [2.75, 3.05) is 18.4 Å². The molecule has 1 aliphatic heterocycles. The average molecular weight is 302 g/mol. The summed E-state index contributed by atoms with van der Waals surface area (Å²) in [6.45, 7) is 4.66. The number of nitrogens with zero attached hydrogens (tertiary/aromatic N) is 5. The van der Waals surface area contributed by atoms with E-state index in [4.69, 9.17) is 0 Å². The third kappa shape index (κ3) is 2.76. The molecule has 0 radical (unpaired) electrons. The molecule has 1 N–H and O–H groups in total. The van der Waals surface area contributed by atoms with Crippen LogP contribution >= 0.6 is 0 Å². The highest BCUT2D eigenvalue weighted by Crippen LogP contribution is 2.19. The molecular formula is C14H18N6O2. The number of fused-ring (bicyclic) bond motifs is 1. The summed E-state index contributed by atoms with van der Waals surface area (Å²) in [5.41, 5.74) is 0.842. The molecular weight excluding hydrogens is 284 g/mol. The summed E-state index contributed by atoms with van der Waals surface area (Å²) in [5, 5.41) is 10.7. The lowest BCUT2D eigenvalue weighted by Gasteiger charge is -2.30. The van der Waals surface area contributed by atoms with Gasteiger partial charge in [0.15, 0.2) is 0 Å². The molecule has 2 aromatic rings. The van der Waals surface area contributed by atoms with Crippen molar-refractivity contribution >= 4 is 23.5 Å². The number of carbonyl (C=O) groups is 2. The van der Waals surface area contributed by atoms with E-state index in [2.05, 4.69) is 20.5 Å². The Morgan fingerprint density at radius 3 is 2.68 bits per heavy atom. The van der Waals surface area contributed by atoms with Crippen LogP contribution in [0.4, 0.5) is 5.95 Å². The normalized spacial score (nSPS) is 16.0. The second kappa shape index (κ2) is 5.70. The minimum Gasteiger partial charge on any atom is -0.343 e. The van der Waals surface area contributed by atoms with Gasteiger partial charge in [0.1, 0.15) is 0 Å². The van der Waals surface area contributed by atoms with Gasteiger partial charge in [0.25, 0.3) is 5.78 Å². The van der Waals surface area contributed by atoms with Gasteiger partial charge in [-0.15, -0.1) is 10.2 Å². The SMILES string of the molecule is CC(=O)N1CCC(C(=O)Nc2nnc3nc(C)ccn23)CC1. The second-order valence-electron chi connectivity index (χ2n) is 5.53. The predicted molar refractivity (Wildman–Crippen MR) is 79.1 cm³/mol. The number of aryl methyl sites for hydroxylation is 1. The summed E-state index contributed by atoms with van der Waals surface area (Å²) in [6, 6.07) is 1.83. The molecule has 0 spiro atoms. The largest absolute Gasteiger partial charge is 0.343 e. The number of nitrogens with one attached hydrogen (secondary N) is 1. The quantitative estimate of drug-likeness (QED) is 0.878. The van der Waals surface area contributed by atoms with Crippen LogP contribution in [-0.4, -0.2) is 49.4 Å². The highest BCUT2D eigenvalue weighted by molar-refractivity contribution is 5.91. The monoisotopic (exact) mass is 302 g/mol. The van der Waals surface area contributed by atoms with Gasteiger partial charge in [0.05, 0.1) is 0 Å². The summed E-state index contributed by atoms with van der Waals surface area (Å²) < 4.78 is 1.65. The van der Waals surface area contributed by atoms with Crippen molar-refractivity contribution in [1.82, 2.24) is 24.5 Å². The van der Waals surface area contributed by atoms with Crippen LogP contribution in [0.3, 0.4) is 0 Å². The number of carbonyl (C=O) groups excluding carboxylic acids is 2. The fourth-order valence-corrected chi connectivity index (χ4v) is 2.63. The standard InChI is InChI=1S/C14H18N6O2/c1-9-3-8-20-13(15-9)17-18-14(20)16-12(22)11-4-6-19(7-5-11)10(2)21/h3,8,11H,4-7H2,1-2H3,(H,16,18,22). The van der Waals surface area contributed by atoms with Crippen LogP contribution in [-0.2, 0) is 9.59 Å². The summed E-state index contributed by atoms with van der Waals surface area (Å²) in [4.78, 5) is 29.6. The Morgan fingerprint density at radius 1 is 1.27 bits per heavy atom. The Kier molecular flexibility index (Phi) is 3.74. The number of hydrogen-bond acceptors (Lipinski definition) is 5. The van der Waals surface area contributed by atoms with Crippen molar-refractivity contribution in [1.29, 1.82) is 0 Å². The molecule has 8 nitrogen and oxygen atoms in total. The van der Waals surface area contributed by atoms with E-state index in [0.29, 0.717) is 37.7 Å². The van der Waals surface area contributed by atoms with Crippen molar-refractivity contribution in [2.45, 2.75) is 26.7 Å². The molecule has 0 aliphatic carbocycles. The highest BCUT2D eigenvalue weighted by Gasteiger charge is 2.26. The number of amides is 2. The molecule has 2 amide bonds. The lowest BCUT2D eigenvalue weighted by molar-refractivity contribution is -0.132. The Balaban J connectivity index is 1.68. The van der Waals surface area contributed by atoms with Gasteiger partial charge in [-0.2, -0.15) is 0 Å². The van der Waals surface area contributed by atoms with Crippen LogP contribution < -0.4 is 5.32 Å². The fourth-order valence-electron chi connectivity index (χ4n) is 2.63. The van der Waals surface area contributed by atoms with Crippen molar-refractivity contribution in [3.8, 4) is 0 Å². The molecule has 8 heteroatoms. The molecule has 1 saturated heterocycles. The number of aromatic nitrogens is 4.